The number of halogens is 11. The molecule has 0 radical (unpaired) electrons. The third-order valence-corrected chi connectivity index (χ3v) is 8.32. The van der Waals surface area contributed by atoms with E-state index in [2.05, 4.69) is 6.92 Å². The molecule has 0 unspecified atom stereocenters. The lowest BCUT2D eigenvalue weighted by Crippen LogP contribution is -2.60. The number of rotatable bonds is 19. The molecule has 0 aromatic heterocycles. The van der Waals surface area contributed by atoms with Crippen molar-refractivity contribution >= 4 is 5.97 Å². The fraction of sp³-hybridized carbons (Fsp3) is 0.486. The van der Waals surface area contributed by atoms with E-state index in [0.29, 0.717) is 16.9 Å². The van der Waals surface area contributed by atoms with Crippen LogP contribution in [0.1, 0.15) is 88.4 Å². The first kappa shape index (κ1) is 41.6. The number of carbonyl (C=O) groups is 1. The van der Waals surface area contributed by atoms with Gasteiger partial charge in [-0.25, -0.2) is 13.6 Å². The largest absolute Gasteiger partial charge is 0.494 e. The smallest absolute Gasteiger partial charge is 0.460 e. The molecular formula is C37H39F11O3. The molecule has 3 nitrogen and oxygen atoms in total. The number of hydrogen-bond acceptors (Lipinski definition) is 3. The number of unbranched alkanes of at least 4 members (excludes halogenated alkanes) is 6. The van der Waals surface area contributed by atoms with Crippen LogP contribution in [0.4, 0.5) is 48.3 Å². The van der Waals surface area contributed by atoms with Gasteiger partial charge in [-0.3, -0.25) is 0 Å². The molecule has 0 fully saturated rings. The lowest BCUT2D eigenvalue weighted by molar-refractivity contribution is -0.396. The SMILES string of the molecule is CCCCCC[C@H](C)OC(=O)c1ccc(-c2ccc(-c3ccc(OCCCCCCC(F)(F)C(F)(F)C(F)(F)C(F)(F)F)cc3)c(F)c2F)cc1. The summed E-state index contributed by atoms with van der Waals surface area (Å²) >= 11 is 0. The first-order valence-electron chi connectivity index (χ1n) is 16.6. The molecule has 0 aliphatic heterocycles. The molecule has 3 aromatic rings. The summed E-state index contributed by atoms with van der Waals surface area (Å²) in [6.45, 7) is 3.95. The molecule has 0 aliphatic carbocycles. The van der Waals surface area contributed by atoms with Crippen LogP contribution in [0, 0.1) is 11.6 Å². The summed E-state index contributed by atoms with van der Waals surface area (Å²) in [4.78, 5) is 12.5. The van der Waals surface area contributed by atoms with Crippen LogP contribution in [0.5, 0.6) is 5.75 Å². The Morgan fingerprint density at radius 2 is 1.16 bits per heavy atom. The topological polar surface area (TPSA) is 35.5 Å². The standard InChI is InChI=1S/C37H39F11O3/c1-3-4-5-8-11-24(2)51-33(49)27-14-12-25(13-15-27)29-20-21-30(32(39)31(29)38)26-16-18-28(19-17-26)50-23-10-7-6-9-22-34(40,41)35(42,43)36(44,45)37(46,47)48/h12-21,24H,3-11,22-23H2,1-2H3/t24-/m0/s1. The number of carbonyl (C=O) groups excluding carboxylic acids is 1. The van der Waals surface area contributed by atoms with Crippen LogP contribution < -0.4 is 4.74 Å². The van der Waals surface area contributed by atoms with E-state index in [4.69, 9.17) is 9.47 Å². The van der Waals surface area contributed by atoms with Crippen molar-refractivity contribution in [2.75, 3.05) is 6.61 Å². The third-order valence-electron chi connectivity index (χ3n) is 8.32. The molecule has 0 amide bonds. The Labute approximate surface area is 289 Å². The Balaban J connectivity index is 1.49. The summed E-state index contributed by atoms with van der Waals surface area (Å²) in [5, 5.41) is 0. The van der Waals surface area contributed by atoms with Gasteiger partial charge in [-0.2, -0.15) is 39.5 Å². The van der Waals surface area contributed by atoms with Gasteiger partial charge < -0.3 is 9.47 Å². The summed E-state index contributed by atoms with van der Waals surface area (Å²) in [5.74, 6) is -21.5. The highest BCUT2D eigenvalue weighted by atomic mass is 19.4. The van der Waals surface area contributed by atoms with E-state index < -0.39 is 54.4 Å². The number of hydrogen-bond donors (Lipinski definition) is 0. The molecule has 0 saturated heterocycles. The molecule has 14 heteroatoms. The van der Waals surface area contributed by atoms with Gasteiger partial charge in [0.2, 0.25) is 0 Å². The molecule has 1 atom stereocenters. The quantitative estimate of drug-likeness (QED) is 0.0697. The van der Waals surface area contributed by atoms with Crippen molar-refractivity contribution in [1.82, 2.24) is 0 Å². The van der Waals surface area contributed by atoms with Crippen LogP contribution in [-0.4, -0.2) is 42.6 Å². The van der Waals surface area contributed by atoms with Crippen molar-refractivity contribution < 1.29 is 62.6 Å². The molecule has 3 rings (SSSR count). The predicted molar refractivity (Wildman–Crippen MR) is 170 cm³/mol. The Kier molecular flexibility index (Phi) is 14.3. The molecule has 51 heavy (non-hydrogen) atoms. The molecule has 0 N–H and O–H groups in total. The van der Waals surface area contributed by atoms with Crippen LogP contribution >= 0.6 is 0 Å². The van der Waals surface area contributed by atoms with E-state index in [9.17, 15) is 44.3 Å². The van der Waals surface area contributed by atoms with Gasteiger partial charge in [0.1, 0.15) is 5.75 Å². The Morgan fingerprint density at radius 3 is 1.69 bits per heavy atom. The van der Waals surface area contributed by atoms with Gasteiger partial charge >= 0.3 is 29.9 Å². The number of ether oxygens (including phenoxy) is 2. The molecule has 0 bridgehead atoms. The Bertz CT molecular complexity index is 1550. The zero-order valence-electron chi connectivity index (χ0n) is 28.0. The van der Waals surface area contributed by atoms with Crippen molar-refractivity contribution in [3.05, 3.63) is 77.9 Å². The average molecular weight is 741 g/mol. The van der Waals surface area contributed by atoms with Crippen LogP contribution in [0.25, 0.3) is 22.3 Å². The van der Waals surface area contributed by atoms with Gasteiger partial charge in [0.25, 0.3) is 0 Å². The molecule has 282 valence electrons. The zero-order chi connectivity index (χ0) is 38.0. The summed E-state index contributed by atoms with van der Waals surface area (Å²) < 4.78 is 158. The summed E-state index contributed by atoms with van der Waals surface area (Å²) in [6, 6.07) is 14.6. The number of alkyl halides is 9. The second kappa shape index (κ2) is 17.6. The maximum absolute atomic E-state index is 15.2. The van der Waals surface area contributed by atoms with Crippen molar-refractivity contribution in [2.24, 2.45) is 0 Å². The van der Waals surface area contributed by atoms with Crippen molar-refractivity contribution in [1.29, 1.82) is 0 Å². The summed E-state index contributed by atoms with van der Waals surface area (Å²) in [7, 11) is 0. The minimum absolute atomic E-state index is 0.0166. The second-order valence-electron chi connectivity index (χ2n) is 12.3. The highest BCUT2D eigenvalue weighted by Gasteiger charge is 2.81. The summed E-state index contributed by atoms with van der Waals surface area (Å²) in [5.41, 5.74) is 0.897. The monoisotopic (exact) mass is 740 g/mol. The van der Waals surface area contributed by atoms with Crippen LogP contribution in [0.3, 0.4) is 0 Å². The summed E-state index contributed by atoms with van der Waals surface area (Å²) in [6.07, 6.45) is -4.54. The highest BCUT2D eigenvalue weighted by molar-refractivity contribution is 5.90. The van der Waals surface area contributed by atoms with Gasteiger partial charge in [0.15, 0.2) is 11.6 Å². The lowest BCUT2D eigenvalue weighted by atomic mass is 9.98. The molecular weight excluding hydrogens is 701 g/mol. The van der Waals surface area contributed by atoms with E-state index in [-0.39, 0.29) is 48.7 Å². The minimum Gasteiger partial charge on any atom is -0.494 e. The van der Waals surface area contributed by atoms with E-state index >= 15 is 8.78 Å². The van der Waals surface area contributed by atoms with Crippen LogP contribution in [-0.2, 0) is 4.74 Å². The molecule has 3 aromatic carbocycles. The highest BCUT2D eigenvalue weighted by Crippen LogP contribution is 2.54. The minimum atomic E-state index is -6.89. The van der Waals surface area contributed by atoms with E-state index in [0.717, 1.165) is 32.1 Å². The molecule has 0 heterocycles. The van der Waals surface area contributed by atoms with Gasteiger partial charge in [-0.15, -0.1) is 0 Å². The molecule has 0 aliphatic rings. The van der Waals surface area contributed by atoms with Crippen molar-refractivity contribution in [2.45, 2.75) is 108 Å². The predicted octanol–water partition coefficient (Wildman–Crippen LogP) is 12.6. The van der Waals surface area contributed by atoms with E-state index in [1.54, 1.807) is 0 Å². The van der Waals surface area contributed by atoms with Gasteiger partial charge in [-0.05, 0) is 68.0 Å². The normalized spacial score (nSPS) is 13.3. The fourth-order valence-electron chi connectivity index (χ4n) is 5.24. The van der Waals surface area contributed by atoms with Gasteiger partial charge in [0.05, 0.1) is 18.3 Å². The van der Waals surface area contributed by atoms with Gasteiger partial charge in [0, 0.05) is 17.5 Å². The molecule has 0 spiro atoms. The first-order chi connectivity index (χ1) is 23.8. The maximum atomic E-state index is 15.2. The van der Waals surface area contributed by atoms with Gasteiger partial charge in [-0.1, -0.05) is 75.4 Å². The van der Waals surface area contributed by atoms with Crippen molar-refractivity contribution in [3.63, 3.8) is 0 Å². The Hall–Kier alpha value is -3.84. The fourth-order valence-corrected chi connectivity index (χ4v) is 5.24. The lowest BCUT2D eigenvalue weighted by Gasteiger charge is -2.33. The average Bonchev–Trinajstić information content (AvgIpc) is 3.07. The van der Waals surface area contributed by atoms with Crippen molar-refractivity contribution in [3.8, 4) is 28.0 Å². The van der Waals surface area contributed by atoms with Crippen LogP contribution in [0.15, 0.2) is 60.7 Å². The second-order valence-corrected chi connectivity index (χ2v) is 12.3. The first-order valence-corrected chi connectivity index (χ1v) is 16.6. The Morgan fingerprint density at radius 1 is 0.647 bits per heavy atom. The van der Waals surface area contributed by atoms with E-state index in [1.165, 1.54) is 60.7 Å². The number of esters is 1. The zero-order valence-corrected chi connectivity index (χ0v) is 28.0. The third kappa shape index (κ3) is 10.4. The number of benzene rings is 3. The molecule has 0 saturated carbocycles. The maximum Gasteiger partial charge on any atom is 0.460 e. The van der Waals surface area contributed by atoms with Crippen LogP contribution in [0.2, 0.25) is 0 Å². The van der Waals surface area contributed by atoms with E-state index in [1.807, 2.05) is 6.92 Å².